The van der Waals surface area contributed by atoms with E-state index in [0.717, 1.165) is 38.8 Å². The number of aliphatic hydroxyl groups excluding tert-OH is 1. The van der Waals surface area contributed by atoms with Crippen LogP contribution in [0.4, 0.5) is 0 Å². The molecule has 1 aliphatic heterocycles. The fraction of sp³-hybridized carbons (Fsp3) is 0.611. The summed E-state index contributed by atoms with van der Waals surface area (Å²) in [5.74, 6) is 0.411. The summed E-state index contributed by atoms with van der Waals surface area (Å²) in [7, 11) is 1.87. The molecule has 2 N–H and O–H groups in total. The van der Waals surface area contributed by atoms with Crippen LogP contribution in [0.1, 0.15) is 36.0 Å². The molecule has 2 aliphatic rings. The molecule has 1 aliphatic carbocycles. The molecule has 0 spiro atoms. The summed E-state index contributed by atoms with van der Waals surface area (Å²) in [6.07, 6.45) is 4.24. The number of hydrogen-bond donors (Lipinski definition) is 2. The van der Waals surface area contributed by atoms with E-state index in [2.05, 4.69) is 23.5 Å². The number of hydrogen-bond acceptors (Lipinski definition) is 3. The normalized spacial score (nSPS) is 24.1. The van der Waals surface area contributed by atoms with Crippen molar-refractivity contribution < 1.29 is 9.90 Å². The van der Waals surface area contributed by atoms with Gasteiger partial charge < -0.3 is 15.3 Å². The van der Waals surface area contributed by atoms with Crippen molar-refractivity contribution in [3.8, 4) is 0 Å². The Morgan fingerprint density at radius 1 is 1.41 bits per heavy atom. The number of amides is 1. The Labute approximate surface area is 132 Å². The highest BCUT2D eigenvalue weighted by Crippen LogP contribution is 2.26. The van der Waals surface area contributed by atoms with E-state index in [9.17, 15) is 9.90 Å². The summed E-state index contributed by atoms with van der Waals surface area (Å²) in [6.45, 7) is 2.57. The van der Waals surface area contributed by atoms with Crippen LogP contribution in [-0.2, 0) is 24.2 Å². The van der Waals surface area contributed by atoms with Crippen molar-refractivity contribution >= 4 is 5.91 Å². The summed E-state index contributed by atoms with van der Waals surface area (Å²) >= 11 is 0. The zero-order valence-electron chi connectivity index (χ0n) is 13.3. The maximum absolute atomic E-state index is 12.5. The van der Waals surface area contributed by atoms with E-state index in [4.69, 9.17) is 0 Å². The minimum absolute atomic E-state index is 0.158. The smallest absolute Gasteiger partial charge is 0.226 e. The molecular weight excluding hydrogens is 276 g/mol. The lowest BCUT2D eigenvalue weighted by Crippen LogP contribution is -2.35. The summed E-state index contributed by atoms with van der Waals surface area (Å²) in [6, 6.07) is 6.28. The summed E-state index contributed by atoms with van der Waals surface area (Å²) < 4.78 is 0. The average Bonchev–Trinajstić information content (AvgIpc) is 2.93. The lowest BCUT2D eigenvalue weighted by atomic mass is 9.93. The van der Waals surface area contributed by atoms with Crippen molar-refractivity contribution in [3.63, 3.8) is 0 Å². The predicted octanol–water partition coefficient (Wildman–Crippen LogP) is 1.49. The molecule has 2 atom stereocenters. The van der Waals surface area contributed by atoms with Crippen LogP contribution in [0.25, 0.3) is 0 Å². The van der Waals surface area contributed by atoms with Crippen LogP contribution in [0.2, 0.25) is 0 Å². The van der Waals surface area contributed by atoms with E-state index in [-0.39, 0.29) is 17.9 Å². The van der Waals surface area contributed by atoms with Crippen molar-refractivity contribution in [3.05, 3.63) is 34.9 Å². The van der Waals surface area contributed by atoms with Crippen LogP contribution in [-0.4, -0.2) is 42.2 Å². The van der Waals surface area contributed by atoms with Crippen LogP contribution in [0.5, 0.6) is 0 Å². The van der Waals surface area contributed by atoms with E-state index in [1.807, 2.05) is 7.05 Å². The summed E-state index contributed by atoms with van der Waals surface area (Å²) in [5, 5.41) is 13.3. The number of nitrogens with zero attached hydrogens (tertiary/aromatic N) is 1. The van der Waals surface area contributed by atoms with Gasteiger partial charge >= 0.3 is 0 Å². The molecule has 1 heterocycles. The second-order valence-electron chi connectivity index (χ2n) is 6.69. The Hall–Kier alpha value is -1.39. The van der Waals surface area contributed by atoms with Crippen molar-refractivity contribution in [1.82, 2.24) is 10.2 Å². The van der Waals surface area contributed by atoms with Crippen LogP contribution >= 0.6 is 0 Å². The standard InChI is InChI=1S/C18H26N2O2/c1-20(12-15-6-3-7-17(15)21)18(22)10-13-4-2-5-14-11-19-9-8-16(13)14/h2,4-5,15,17,19,21H,3,6-12H2,1H3. The molecule has 22 heavy (non-hydrogen) atoms. The van der Waals surface area contributed by atoms with Crippen LogP contribution in [0, 0.1) is 5.92 Å². The second-order valence-corrected chi connectivity index (χ2v) is 6.69. The van der Waals surface area contributed by atoms with Crippen molar-refractivity contribution in [2.24, 2.45) is 5.92 Å². The zero-order chi connectivity index (χ0) is 15.5. The molecule has 4 heteroatoms. The first-order valence-corrected chi connectivity index (χ1v) is 8.37. The first-order chi connectivity index (χ1) is 10.6. The van der Waals surface area contributed by atoms with Crippen LogP contribution in [0.15, 0.2) is 18.2 Å². The maximum Gasteiger partial charge on any atom is 0.226 e. The first-order valence-electron chi connectivity index (χ1n) is 8.37. The van der Waals surface area contributed by atoms with Gasteiger partial charge in [0.05, 0.1) is 12.5 Å². The van der Waals surface area contributed by atoms with E-state index in [1.54, 1.807) is 4.90 Å². The van der Waals surface area contributed by atoms with Gasteiger partial charge in [-0.3, -0.25) is 4.79 Å². The molecule has 120 valence electrons. The van der Waals surface area contributed by atoms with Crippen molar-refractivity contribution in [2.45, 2.75) is 44.8 Å². The topological polar surface area (TPSA) is 52.6 Å². The van der Waals surface area contributed by atoms with Gasteiger partial charge in [-0.15, -0.1) is 0 Å². The average molecular weight is 302 g/mol. The highest BCUT2D eigenvalue weighted by atomic mass is 16.3. The van der Waals surface area contributed by atoms with Crippen LogP contribution in [0.3, 0.4) is 0 Å². The zero-order valence-corrected chi connectivity index (χ0v) is 13.3. The quantitative estimate of drug-likeness (QED) is 0.886. The predicted molar refractivity (Wildman–Crippen MR) is 86.5 cm³/mol. The van der Waals surface area contributed by atoms with E-state index in [0.29, 0.717) is 13.0 Å². The Balaban J connectivity index is 1.64. The molecule has 3 rings (SSSR count). The number of rotatable bonds is 4. The minimum Gasteiger partial charge on any atom is -0.393 e. The van der Waals surface area contributed by atoms with E-state index >= 15 is 0 Å². The highest BCUT2D eigenvalue weighted by molar-refractivity contribution is 5.79. The molecule has 1 amide bonds. The molecule has 0 aromatic heterocycles. The third-order valence-corrected chi connectivity index (χ3v) is 5.13. The molecule has 2 unspecified atom stereocenters. The minimum atomic E-state index is -0.231. The Morgan fingerprint density at radius 3 is 3.05 bits per heavy atom. The van der Waals surface area contributed by atoms with Crippen molar-refractivity contribution in [1.29, 1.82) is 0 Å². The van der Waals surface area contributed by atoms with Gasteiger partial charge in [-0.1, -0.05) is 24.6 Å². The Morgan fingerprint density at radius 2 is 2.27 bits per heavy atom. The Kier molecular flexibility index (Phi) is 4.79. The SMILES string of the molecule is CN(CC1CCCC1O)C(=O)Cc1cccc2c1CCNC2. The number of fused-ring (bicyclic) bond motifs is 1. The van der Waals surface area contributed by atoms with Gasteiger partial charge in [-0.25, -0.2) is 0 Å². The lowest BCUT2D eigenvalue weighted by Gasteiger charge is -2.25. The molecule has 0 radical (unpaired) electrons. The van der Waals surface area contributed by atoms with E-state index in [1.165, 1.54) is 16.7 Å². The van der Waals surface area contributed by atoms with Gasteiger partial charge in [-0.05, 0) is 42.5 Å². The van der Waals surface area contributed by atoms with Crippen molar-refractivity contribution in [2.75, 3.05) is 20.1 Å². The fourth-order valence-corrected chi connectivity index (χ4v) is 3.76. The molecule has 4 nitrogen and oxygen atoms in total. The maximum atomic E-state index is 12.5. The molecule has 1 aromatic rings. The summed E-state index contributed by atoms with van der Waals surface area (Å²) in [5.41, 5.74) is 3.84. The number of carbonyl (C=O) groups is 1. The van der Waals surface area contributed by atoms with Gasteiger partial charge in [0.15, 0.2) is 0 Å². The highest BCUT2D eigenvalue weighted by Gasteiger charge is 2.27. The third kappa shape index (κ3) is 3.33. The number of aliphatic hydroxyl groups is 1. The fourth-order valence-electron chi connectivity index (χ4n) is 3.76. The second kappa shape index (κ2) is 6.80. The Bertz CT molecular complexity index is 544. The molecule has 1 saturated carbocycles. The van der Waals surface area contributed by atoms with Gasteiger partial charge in [-0.2, -0.15) is 0 Å². The molecule has 0 bridgehead atoms. The van der Waals surface area contributed by atoms with Gasteiger partial charge in [0.1, 0.15) is 0 Å². The third-order valence-electron chi connectivity index (χ3n) is 5.13. The monoisotopic (exact) mass is 302 g/mol. The van der Waals surface area contributed by atoms with Gasteiger partial charge in [0, 0.05) is 26.1 Å². The first kappa shape index (κ1) is 15.5. The lowest BCUT2D eigenvalue weighted by molar-refractivity contribution is -0.130. The summed E-state index contributed by atoms with van der Waals surface area (Å²) in [4.78, 5) is 14.3. The number of likely N-dealkylation sites (N-methyl/N-ethyl adjacent to an activating group) is 1. The number of benzene rings is 1. The van der Waals surface area contributed by atoms with E-state index < -0.39 is 0 Å². The molecular formula is C18H26N2O2. The molecule has 1 fully saturated rings. The van der Waals surface area contributed by atoms with Gasteiger partial charge in [0.25, 0.3) is 0 Å². The number of carbonyl (C=O) groups excluding carboxylic acids is 1. The van der Waals surface area contributed by atoms with Crippen LogP contribution < -0.4 is 5.32 Å². The van der Waals surface area contributed by atoms with Gasteiger partial charge in [0.2, 0.25) is 5.91 Å². The molecule has 0 saturated heterocycles. The molecule has 1 aromatic carbocycles. The number of nitrogens with one attached hydrogen (secondary N) is 1. The largest absolute Gasteiger partial charge is 0.393 e.